The van der Waals surface area contributed by atoms with Crippen LogP contribution in [-0.4, -0.2) is 58.4 Å². The van der Waals surface area contributed by atoms with E-state index in [4.69, 9.17) is 9.47 Å². The van der Waals surface area contributed by atoms with E-state index in [0.29, 0.717) is 46.5 Å². The van der Waals surface area contributed by atoms with Gasteiger partial charge in [-0.15, -0.1) is 0 Å². The van der Waals surface area contributed by atoms with E-state index in [-0.39, 0.29) is 24.1 Å². The highest BCUT2D eigenvalue weighted by Crippen LogP contribution is 2.34. The number of anilines is 2. The third kappa shape index (κ3) is 5.85. The Morgan fingerprint density at radius 3 is 2.38 bits per heavy atom. The van der Waals surface area contributed by atoms with Gasteiger partial charge in [0.05, 0.1) is 11.3 Å². The summed E-state index contributed by atoms with van der Waals surface area (Å²) in [7, 11) is 0. The smallest absolute Gasteiger partial charge is 0.423 e. The zero-order chi connectivity index (χ0) is 27.1. The summed E-state index contributed by atoms with van der Waals surface area (Å²) in [6, 6.07) is 4.88. The lowest BCUT2D eigenvalue weighted by Crippen LogP contribution is -2.31. The van der Waals surface area contributed by atoms with E-state index in [0.717, 1.165) is 0 Å². The highest BCUT2D eigenvalue weighted by molar-refractivity contribution is 6.04. The number of nitrogens with zero attached hydrogens (tertiary/aromatic N) is 4. The van der Waals surface area contributed by atoms with Gasteiger partial charge in [0, 0.05) is 31.3 Å². The van der Waals surface area contributed by atoms with Gasteiger partial charge in [0.25, 0.3) is 11.8 Å². The quantitative estimate of drug-likeness (QED) is 0.330. The second-order valence-electron chi connectivity index (χ2n) is 8.00. The zero-order valence-electron chi connectivity index (χ0n) is 21.5. The molecule has 0 bridgehead atoms. The molecule has 0 unspecified atom stereocenters. The van der Waals surface area contributed by atoms with Gasteiger partial charge in [-0.2, -0.15) is 5.10 Å². The molecule has 0 atom stereocenters. The first kappa shape index (κ1) is 27.1. The third-order valence-electron chi connectivity index (χ3n) is 5.52. The summed E-state index contributed by atoms with van der Waals surface area (Å²) in [4.78, 5) is 55.7. The van der Waals surface area contributed by atoms with Crippen LogP contribution >= 0.6 is 0 Å². The van der Waals surface area contributed by atoms with Gasteiger partial charge >= 0.3 is 12.1 Å². The SMILES string of the molecule is CCNC(=O)c1ccc(C)c(N(C(=O)OCOC(=O)CC)c2ncnn3cc(C(=O)NCC)c(C)c23)c1. The highest BCUT2D eigenvalue weighted by atomic mass is 16.7. The van der Waals surface area contributed by atoms with Crippen LogP contribution in [0.4, 0.5) is 16.3 Å². The minimum atomic E-state index is -0.902. The maximum absolute atomic E-state index is 13.4. The Kier molecular flexibility index (Phi) is 8.77. The number of hydrogen-bond acceptors (Lipinski definition) is 8. The van der Waals surface area contributed by atoms with Crippen LogP contribution in [0.3, 0.4) is 0 Å². The van der Waals surface area contributed by atoms with E-state index in [1.165, 1.54) is 15.7 Å². The predicted octanol–water partition coefficient (Wildman–Crippen LogP) is 3.03. The van der Waals surface area contributed by atoms with Crippen LogP contribution in [0.1, 0.15) is 59.0 Å². The van der Waals surface area contributed by atoms with E-state index >= 15 is 0 Å². The molecule has 2 aromatic heterocycles. The standard InChI is InChI=1S/C25H30N6O6/c1-6-20(32)36-14-37-25(35)31(19-11-17(10-9-15(19)4)23(33)26-7-2)22-21-16(5)18(24(34)27-8-3)12-30(21)29-13-28-22/h9-13H,6-8,14H2,1-5H3,(H,26,33)(H,27,34). The van der Waals surface area contributed by atoms with E-state index in [9.17, 15) is 19.2 Å². The second-order valence-corrected chi connectivity index (χ2v) is 8.00. The first-order chi connectivity index (χ1) is 17.7. The van der Waals surface area contributed by atoms with Crippen molar-refractivity contribution in [1.82, 2.24) is 25.2 Å². The predicted molar refractivity (Wildman–Crippen MR) is 135 cm³/mol. The van der Waals surface area contributed by atoms with E-state index in [1.54, 1.807) is 52.1 Å². The lowest BCUT2D eigenvalue weighted by atomic mass is 10.1. The Bertz CT molecular complexity index is 1330. The Labute approximate surface area is 213 Å². The number of nitrogens with one attached hydrogen (secondary N) is 2. The molecule has 2 N–H and O–H groups in total. The molecule has 3 amide bonds. The number of esters is 1. The molecule has 12 nitrogen and oxygen atoms in total. The normalized spacial score (nSPS) is 10.6. The number of rotatable bonds is 9. The Balaban J connectivity index is 2.18. The third-order valence-corrected chi connectivity index (χ3v) is 5.52. The molecule has 0 fully saturated rings. The van der Waals surface area contributed by atoms with Gasteiger partial charge in [0.15, 0.2) is 5.82 Å². The molecule has 3 rings (SSSR count). The maximum Gasteiger partial charge on any atom is 0.423 e. The van der Waals surface area contributed by atoms with Crippen molar-refractivity contribution in [3.05, 3.63) is 53.0 Å². The van der Waals surface area contributed by atoms with Crippen molar-refractivity contribution in [2.24, 2.45) is 0 Å². The average molecular weight is 511 g/mol. The second kappa shape index (κ2) is 12.0. The summed E-state index contributed by atoms with van der Waals surface area (Å²) in [5.41, 5.74) is 2.56. The molecule has 37 heavy (non-hydrogen) atoms. The minimum Gasteiger partial charge on any atom is -0.428 e. The number of carbonyl (C=O) groups excluding carboxylic acids is 4. The number of fused-ring (bicyclic) bond motifs is 1. The van der Waals surface area contributed by atoms with Gasteiger partial charge in [-0.3, -0.25) is 14.4 Å². The molecule has 0 saturated heterocycles. The molecular weight excluding hydrogens is 480 g/mol. The van der Waals surface area contributed by atoms with Crippen molar-refractivity contribution in [3.63, 3.8) is 0 Å². The van der Waals surface area contributed by atoms with Crippen LogP contribution in [0.5, 0.6) is 0 Å². The summed E-state index contributed by atoms with van der Waals surface area (Å²) in [6.45, 7) is 8.96. The largest absolute Gasteiger partial charge is 0.428 e. The van der Waals surface area contributed by atoms with Gasteiger partial charge in [-0.25, -0.2) is 19.2 Å². The van der Waals surface area contributed by atoms with Gasteiger partial charge in [-0.1, -0.05) is 13.0 Å². The summed E-state index contributed by atoms with van der Waals surface area (Å²) in [6.07, 6.45) is 2.00. The fourth-order valence-corrected chi connectivity index (χ4v) is 3.66. The van der Waals surface area contributed by atoms with Crippen LogP contribution in [-0.2, 0) is 14.3 Å². The van der Waals surface area contributed by atoms with Crippen molar-refractivity contribution in [2.45, 2.75) is 41.0 Å². The lowest BCUT2D eigenvalue weighted by molar-refractivity contribution is -0.151. The van der Waals surface area contributed by atoms with Crippen molar-refractivity contribution in [3.8, 4) is 0 Å². The average Bonchev–Trinajstić information content (AvgIpc) is 3.22. The minimum absolute atomic E-state index is 0.117. The van der Waals surface area contributed by atoms with Crippen LogP contribution in [0.15, 0.2) is 30.7 Å². The number of benzene rings is 1. The number of ether oxygens (including phenoxy) is 2. The summed E-state index contributed by atoms with van der Waals surface area (Å²) < 4.78 is 11.6. The molecule has 0 aliphatic carbocycles. The van der Waals surface area contributed by atoms with Crippen molar-refractivity contribution < 1.29 is 28.7 Å². The molecule has 1 aromatic carbocycles. The van der Waals surface area contributed by atoms with E-state index in [2.05, 4.69) is 20.7 Å². The maximum atomic E-state index is 13.4. The number of carbonyl (C=O) groups is 4. The summed E-state index contributed by atoms with van der Waals surface area (Å²) in [5.74, 6) is -1.04. The molecule has 196 valence electrons. The number of amides is 3. The molecule has 3 aromatic rings. The molecule has 0 radical (unpaired) electrons. The van der Waals surface area contributed by atoms with Crippen molar-refractivity contribution in [2.75, 3.05) is 24.8 Å². The number of aryl methyl sites for hydroxylation is 2. The molecule has 2 heterocycles. The number of hydrogen-bond donors (Lipinski definition) is 2. The zero-order valence-corrected chi connectivity index (χ0v) is 21.5. The van der Waals surface area contributed by atoms with Gasteiger partial charge in [-0.05, 0) is 51.0 Å². The topological polar surface area (TPSA) is 144 Å². The van der Waals surface area contributed by atoms with Crippen molar-refractivity contribution >= 4 is 40.9 Å². The number of aromatic nitrogens is 3. The Morgan fingerprint density at radius 2 is 1.70 bits per heavy atom. The van der Waals surface area contributed by atoms with Crippen LogP contribution in [0.2, 0.25) is 0 Å². The molecular formula is C25H30N6O6. The van der Waals surface area contributed by atoms with Crippen LogP contribution in [0, 0.1) is 13.8 Å². The Morgan fingerprint density at radius 1 is 1.00 bits per heavy atom. The highest BCUT2D eigenvalue weighted by Gasteiger charge is 2.29. The molecule has 0 spiro atoms. The molecule has 12 heteroatoms. The first-order valence-electron chi connectivity index (χ1n) is 11.9. The van der Waals surface area contributed by atoms with Crippen molar-refractivity contribution in [1.29, 1.82) is 0 Å². The van der Waals surface area contributed by atoms with Crippen LogP contribution in [0.25, 0.3) is 5.52 Å². The first-order valence-corrected chi connectivity index (χ1v) is 11.9. The van der Waals surface area contributed by atoms with Gasteiger partial charge in [0.2, 0.25) is 6.79 Å². The molecule has 0 saturated carbocycles. The van der Waals surface area contributed by atoms with E-state index < -0.39 is 18.9 Å². The van der Waals surface area contributed by atoms with Gasteiger partial charge < -0.3 is 20.1 Å². The lowest BCUT2D eigenvalue weighted by Gasteiger charge is -2.24. The van der Waals surface area contributed by atoms with E-state index in [1.807, 2.05) is 6.92 Å². The summed E-state index contributed by atoms with van der Waals surface area (Å²) in [5, 5.41) is 9.69. The Hall–Kier alpha value is -4.48. The molecule has 0 aliphatic rings. The fraction of sp³-hybridized carbons (Fsp3) is 0.360. The van der Waals surface area contributed by atoms with Gasteiger partial charge in [0.1, 0.15) is 11.8 Å². The summed E-state index contributed by atoms with van der Waals surface area (Å²) >= 11 is 0. The fourth-order valence-electron chi connectivity index (χ4n) is 3.66. The monoisotopic (exact) mass is 510 g/mol. The van der Waals surface area contributed by atoms with Crippen LogP contribution < -0.4 is 15.5 Å². The molecule has 0 aliphatic heterocycles.